The van der Waals surface area contributed by atoms with Crippen LogP contribution >= 0.6 is 0 Å². The number of carbonyl (C=O) groups excluding carboxylic acids is 1. The van der Waals surface area contributed by atoms with Crippen molar-refractivity contribution in [1.29, 1.82) is 0 Å². The number of amides is 1. The smallest absolute Gasteiger partial charge is 0.227 e. The van der Waals surface area contributed by atoms with Crippen molar-refractivity contribution >= 4 is 15.7 Å². The first-order chi connectivity index (χ1) is 11.5. The van der Waals surface area contributed by atoms with Crippen LogP contribution in [0, 0.1) is 5.92 Å². The first-order valence-electron chi connectivity index (χ1n) is 8.42. The molecule has 1 aromatic rings. The molecular formula is C17H25N2O4S+. The molecule has 2 aliphatic heterocycles. The van der Waals surface area contributed by atoms with Crippen molar-refractivity contribution in [3.05, 3.63) is 29.8 Å². The fourth-order valence-electron chi connectivity index (χ4n) is 3.50. The Bertz CT molecular complexity index is 679. The van der Waals surface area contributed by atoms with E-state index in [2.05, 4.69) is 12.1 Å². The van der Waals surface area contributed by atoms with Gasteiger partial charge < -0.3 is 14.5 Å². The van der Waals surface area contributed by atoms with Crippen molar-refractivity contribution in [1.82, 2.24) is 4.90 Å². The molecule has 2 fully saturated rings. The first-order valence-corrected chi connectivity index (χ1v) is 10.2. The van der Waals surface area contributed by atoms with Gasteiger partial charge in [0.25, 0.3) is 0 Å². The van der Waals surface area contributed by atoms with E-state index in [9.17, 15) is 13.2 Å². The Hall–Kier alpha value is -1.60. The van der Waals surface area contributed by atoms with E-state index >= 15 is 0 Å². The number of rotatable bonds is 4. The second-order valence-corrected chi connectivity index (χ2v) is 8.93. The molecule has 1 amide bonds. The van der Waals surface area contributed by atoms with Gasteiger partial charge in [0.05, 0.1) is 50.7 Å². The summed E-state index contributed by atoms with van der Waals surface area (Å²) in [7, 11) is -1.34. The van der Waals surface area contributed by atoms with Crippen LogP contribution in [0.2, 0.25) is 0 Å². The van der Waals surface area contributed by atoms with Gasteiger partial charge in [0.2, 0.25) is 5.91 Å². The van der Waals surface area contributed by atoms with Crippen LogP contribution in [0.1, 0.15) is 12.0 Å². The summed E-state index contributed by atoms with van der Waals surface area (Å²) >= 11 is 0. The van der Waals surface area contributed by atoms with Crippen molar-refractivity contribution in [2.45, 2.75) is 13.0 Å². The van der Waals surface area contributed by atoms with E-state index in [1.807, 2.05) is 17.0 Å². The highest BCUT2D eigenvalue weighted by molar-refractivity contribution is 7.91. The lowest BCUT2D eigenvalue weighted by atomic mass is 10.1. The number of hydrogen-bond donors (Lipinski definition) is 1. The number of nitrogens with one attached hydrogen (secondary N) is 1. The van der Waals surface area contributed by atoms with Gasteiger partial charge in [0.15, 0.2) is 9.84 Å². The SMILES string of the molecule is COc1ccc(C[NH+]2CCN(C(=O)[C@@H]3CCS(=O)(=O)C3)CC2)cc1. The Morgan fingerprint density at radius 3 is 2.46 bits per heavy atom. The van der Waals surface area contributed by atoms with Gasteiger partial charge in [0, 0.05) is 5.56 Å². The number of methoxy groups -OCH3 is 1. The lowest BCUT2D eigenvalue weighted by molar-refractivity contribution is -0.917. The maximum atomic E-state index is 12.5. The second-order valence-electron chi connectivity index (χ2n) is 6.70. The number of carbonyl (C=O) groups is 1. The van der Waals surface area contributed by atoms with Crippen LogP contribution in [0.3, 0.4) is 0 Å². The third-order valence-corrected chi connectivity index (χ3v) is 6.75. The molecule has 0 spiro atoms. The topological polar surface area (TPSA) is 68.1 Å². The van der Waals surface area contributed by atoms with Gasteiger partial charge in [-0.3, -0.25) is 4.79 Å². The van der Waals surface area contributed by atoms with Crippen molar-refractivity contribution in [2.24, 2.45) is 5.92 Å². The molecule has 0 aliphatic carbocycles. The molecule has 0 bridgehead atoms. The Balaban J connectivity index is 1.49. The average molecular weight is 353 g/mol. The van der Waals surface area contributed by atoms with Crippen LogP contribution in [0.4, 0.5) is 0 Å². The predicted molar refractivity (Wildman–Crippen MR) is 90.7 cm³/mol. The van der Waals surface area contributed by atoms with E-state index in [1.165, 1.54) is 10.5 Å². The number of sulfone groups is 1. The zero-order chi connectivity index (χ0) is 17.2. The summed E-state index contributed by atoms with van der Waals surface area (Å²) in [5.41, 5.74) is 1.26. The summed E-state index contributed by atoms with van der Waals surface area (Å²) in [5.74, 6) is 0.755. The third-order valence-electron chi connectivity index (χ3n) is 4.98. The van der Waals surface area contributed by atoms with E-state index < -0.39 is 9.84 Å². The molecule has 24 heavy (non-hydrogen) atoms. The molecule has 3 rings (SSSR count). The van der Waals surface area contributed by atoms with Crippen molar-refractivity contribution < 1.29 is 22.8 Å². The fraction of sp³-hybridized carbons (Fsp3) is 0.588. The number of quaternary nitrogens is 1. The Morgan fingerprint density at radius 2 is 1.92 bits per heavy atom. The van der Waals surface area contributed by atoms with Gasteiger partial charge in [-0.15, -0.1) is 0 Å². The van der Waals surface area contributed by atoms with Crippen molar-refractivity contribution in [2.75, 3.05) is 44.8 Å². The van der Waals surface area contributed by atoms with E-state index in [4.69, 9.17) is 4.74 Å². The first kappa shape index (κ1) is 17.2. The van der Waals surface area contributed by atoms with E-state index in [-0.39, 0.29) is 23.3 Å². The molecule has 0 radical (unpaired) electrons. The molecule has 132 valence electrons. The van der Waals surface area contributed by atoms with E-state index in [1.54, 1.807) is 7.11 Å². The largest absolute Gasteiger partial charge is 0.497 e. The highest BCUT2D eigenvalue weighted by Gasteiger charge is 2.36. The molecule has 7 heteroatoms. The van der Waals surface area contributed by atoms with Gasteiger partial charge in [0.1, 0.15) is 12.3 Å². The number of nitrogens with zero attached hydrogens (tertiary/aromatic N) is 1. The summed E-state index contributed by atoms with van der Waals surface area (Å²) < 4.78 is 28.3. The van der Waals surface area contributed by atoms with Crippen LogP contribution in [0.25, 0.3) is 0 Å². The van der Waals surface area contributed by atoms with E-state index in [0.29, 0.717) is 19.5 Å². The molecule has 0 saturated carbocycles. The average Bonchev–Trinajstić information content (AvgIpc) is 2.95. The predicted octanol–water partition coefficient (Wildman–Crippen LogP) is -0.643. The molecule has 1 N–H and O–H groups in total. The summed E-state index contributed by atoms with van der Waals surface area (Å²) in [6.07, 6.45) is 0.486. The molecule has 2 heterocycles. The molecular weight excluding hydrogens is 328 g/mol. The maximum Gasteiger partial charge on any atom is 0.227 e. The van der Waals surface area contributed by atoms with Crippen LogP contribution in [-0.2, 0) is 21.2 Å². The van der Waals surface area contributed by atoms with Crippen molar-refractivity contribution in [3.63, 3.8) is 0 Å². The number of hydrogen-bond acceptors (Lipinski definition) is 4. The summed E-state index contributed by atoms with van der Waals surface area (Å²) in [5, 5.41) is 0. The lowest BCUT2D eigenvalue weighted by Gasteiger charge is -2.33. The highest BCUT2D eigenvalue weighted by atomic mass is 32.2. The standard InChI is InChI=1S/C17H24N2O4S/c1-23-16-4-2-14(3-5-16)12-18-7-9-19(10-8-18)17(20)15-6-11-24(21,22)13-15/h2-5,15H,6-13H2,1H3/p+1/t15-/m1/s1. The van der Waals surface area contributed by atoms with Crippen LogP contribution < -0.4 is 9.64 Å². The normalized spacial score (nSPS) is 24.0. The molecule has 2 saturated heterocycles. The molecule has 2 aliphatic rings. The molecule has 6 nitrogen and oxygen atoms in total. The monoisotopic (exact) mass is 353 g/mol. The molecule has 0 aromatic heterocycles. The minimum absolute atomic E-state index is 0.0274. The number of benzene rings is 1. The molecule has 0 unspecified atom stereocenters. The zero-order valence-electron chi connectivity index (χ0n) is 14.0. The third kappa shape index (κ3) is 4.08. The summed E-state index contributed by atoms with van der Waals surface area (Å²) in [6, 6.07) is 8.09. The van der Waals surface area contributed by atoms with E-state index in [0.717, 1.165) is 25.4 Å². The summed E-state index contributed by atoms with van der Waals surface area (Å²) in [6.45, 7) is 4.15. The minimum Gasteiger partial charge on any atom is -0.497 e. The van der Waals surface area contributed by atoms with Crippen molar-refractivity contribution in [3.8, 4) is 5.75 Å². The molecule has 1 aromatic carbocycles. The van der Waals surface area contributed by atoms with Gasteiger partial charge in [-0.25, -0.2) is 8.42 Å². The Kier molecular flexibility index (Phi) is 5.10. The van der Waals surface area contributed by atoms with Crippen LogP contribution in [0.15, 0.2) is 24.3 Å². The second kappa shape index (κ2) is 7.11. The number of ether oxygens (including phenoxy) is 1. The van der Waals surface area contributed by atoms with Crippen LogP contribution in [0.5, 0.6) is 5.75 Å². The number of piperazine rings is 1. The highest BCUT2D eigenvalue weighted by Crippen LogP contribution is 2.20. The van der Waals surface area contributed by atoms with Gasteiger partial charge in [-0.1, -0.05) is 0 Å². The summed E-state index contributed by atoms with van der Waals surface area (Å²) in [4.78, 5) is 15.8. The van der Waals surface area contributed by atoms with Gasteiger partial charge in [-0.05, 0) is 30.7 Å². The quantitative estimate of drug-likeness (QED) is 0.782. The molecule has 1 atom stereocenters. The fourth-order valence-corrected chi connectivity index (χ4v) is 5.23. The van der Waals surface area contributed by atoms with Gasteiger partial charge >= 0.3 is 0 Å². The Labute approximate surface area is 143 Å². The minimum atomic E-state index is -3.00. The lowest BCUT2D eigenvalue weighted by Crippen LogP contribution is -3.13. The van der Waals surface area contributed by atoms with Crippen LogP contribution in [-0.4, -0.2) is 64.0 Å². The Morgan fingerprint density at radius 1 is 1.25 bits per heavy atom. The maximum absolute atomic E-state index is 12.5. The zero-order valence-corrected chi connectivity index (χ0v) is 14.8. The van der Waals surface area contributed by atoms with Gasteiger partial charge in [-0.2, -0.15) is 0 Å².